The Morgan fingerprint density at radius 3 is 2.65 bits per heavy atom. The van der Waals surface area contributed by atoms with Crippen molar-refractivity contribution in [1.82, 2.24) is 15.0 Å². The number of hydrogen-bond donors (Lipinski definition) is 0. The average Bonchev–Trinajstić information content (AvgIpc) is 3.05. The van der Waals surface area contributed by atoms with E-state index < -0.39 is 0 Å². The van der Waals surface area contributed by atoms with Crippen LogP contribution in [-0.4, -0.2) is 21.1 Å². The fraction of sp³-hybridized carbons (Fsp3) is 0.190. The topological polar surface area (TPSA) is 45.2 Å². The van der Waals surface area contributed by atoms with Crippen molar-refractivity contribution in [1.29, 1.82) is 0 Å². The van der Waals surface area contributed by atoms with Gasteiger partial charge in [0.05, 0.1) is 6.20 Å². The Balaban J connectivity index is 1.78. The number of anilines is 4. The second-order valence-corrected chi connectivity index (χ2v) is 6.75. The monoisotopic (exact) mass is 341 g/mol. The van der Waals surface area contributed by atoms with E-state index in [1.54, 1.807) is 6.33 Å². The zero-order valence-electron chi connectivity index (χ0n) is 14.5. The van der Waals surface area contributed by atoms with E-state index in [0.717, 1.165) is 17.3 Å². The molecular formula is C21H19N5. The van der Waals surface area contributed by atoms with Crippen LogP contribution in [0.3, 0.4) is 0 Å². The summed E-state index contributed by atoms with van der Waals surface area (Å²) in [5, 5.41) is 0. The van der Waals surface area contributed by atoms with E-state index in [9.17, 15) is 0 Å². The van der Waals surface area contributed by atoms with Crippen molar-refractivity contribution in [2.75, 3.05) is 9.80 Å². The lowest BCUT2D eigenvalue weighted by Crippen LogP contribution is -2.48. The zero-order chi connectivity index (χ0) is 17.7. The summed E-state index contributed by atoms with van der Waals surface area (Å²) in [6, 6.07) is 14.5. The maximum atomic E-state index is 4.61. The van der Waals surface area contributed by atoms with Crippen molar-refractivity contribution in [3.8, 4) is 0 Å². The van der Waals surface area contributed by atoms with Crippen LogP contribution in [0.15, 0.2) is 73.8 Å². The van der Waals surface area contributed by atoms with Crippen molar-refractivity contribution in [3.05, 3.63) is 79.4 Å². The first-order chi connectivity index (χ1) is 12.8. The van der Waals surface area contributed by atoms with E-state index in [2.05, 4.69) is 68.6 Å². The van der Waals surface area contributed by atoms with E-state index in [4.69, 9.17) is 0 Å². The molecule has 3 aromatic rings. The fourth-order valence-corrected chi connectivity index (χ4v) is 4.34. The Bertz CT molecular complexity index is 971. The van der Waals surface area contributed by atoms with E-state index in [1.165, 1.54) is 11.3 Å². The molecule has 4 heterocycles. The van der Waals surface area contributed by atoms with Gasteiger partial charge in [-0.05, 0) is 23.8 Å². The summed E-state index contributed by atoms with van der Waals surface area (Å²) in [6.45, 7) is 6.39. The molecule has 0 saturated carbocycles. The summed E-state index contributed by atoms with van der Waals surface area (Å²) in [6.07, 6.45) is 7.47. The normalized spacial score (nSPS) is 23.2. The molecule has 3 unspecified atom stereocenters. The smallest absolute Gasteiger partial charge is 0.163 e. The van der Waals surface area contributed by atoms with Crippen molar-refractivity contribution >= 4 is 23.0 Å². The Kier molecular flexibility index (Phi) is 3.28. The summed E-state index contributed by atoms with van der Waals surface area (Å²) in [5.74, 6) is 2.36. The molecule has 5 rings (SSSR count). The van der Waals surface area contributed by atoms with Crippen molar-refractivity contribution < 1.29 is 0 Å². The van der Waals surface area contributed by atoms with E-state index in [1.807, 2.05) is 30.6 Å². The van der Waals surface area contributed by atoms with E-state index in [-0.39, 0.29) is 12.1 Å². The molecule has 3 atom stereocenters. The van der Waals surface area contributed by atoms with Gasteiger partial charge in [0.25, 0.3) is 0 Å². The van der Waals surface area contributed by atoms with Crippen LogP contribution in [0.25, 0.3) is 0 Å². The predicted molar refractivity (Wildman–Crippen MR) is 103 cm³/mol. The highest BCUT2D eigenvalue weighted by Crippen LogP contribution is 2.54. The third kappa shape index (κ3) is 1.94. The molecule has 0 saturated heterocycles. The van der Waals surface area contributed by atoms with Crippen LogP contribution >= 0.6 is 0 Å². The molecule has 0 N–H and O–H groups in total. The van der Waals surface area contributed by atoms with Crippen molar-refractivity contribution in [3.63, 3.8) is 0 Å². The lowest BCUT2D eigenvalue weighted by atomic mass is 9.80. The Morgan fingerprint density at radius 2 is 1.85 bits per heavy atom. The first-order valence-corrected chi connectivity index (χ1v) is 8.82. The minimum atomic E-state index is 0.0782. The summed E-state index contributed by atoms with van der Waals surface area (Å²) in [7, 11) is 0. The van der Waals surface area contributed by atoms with Crippen LogP contribution in [0.5, 0.6) is 0 Å². The first kappa shape index (κ1) is 15.1. The SMILES string of the molecule is C=CC1c2ccccc2N2c3cncnc3N(c3ccccn3)C2C1C. The Hall–Kier alpha value is -3.21. The van der Waals surface area contributed by atoms with Crippen LogP contribution in [-0.2, 0) is 0 Å². The molecule has 2 aliphatic heterocycles. The summed E-state index contributed by atoms with van der Waals surface area (Å²) >= 11 is 0. The van der Waals surface area contributed by atoms with Crippen LogP contribution in [0.2, 0.25) is 0 Å². The van der Waals surface area contributed by atoms with Crippen LogP contribution in [0, 0.1) is 5.92 Å². The molecule has 5 heteroatoms. The zero-order valence-corrected chi connectivity index (χ0v) is 14.5. The highest BCUT2D eigenvalue weighted by Gasteiger charge is 2.48. The first-order valence-electron chi connectivity index (χ1n) is 8.82. The van der Waals surface area contributed by atoms with Crippen LogP contribution < -0.4 is 9.80 Å². The quantitative estimate of drug-likeness (QED) is 0.646. The lowest BCUT2D eigenvalue weighted by molar-refractivity contribution is 0.408. The van der Waals surface area contributed by atoms with Crippen LogP contribution in [0.4, 0.5) is 23.0 Å². The lowest BCUT2D eigenvalue weighted by Gasteiger charge is -2.44. The molecular weight excluding hydrogens is 322 g/mol. The van der Waals surface area contributed by atoms with E-state index >= 15 is 0 Å². The molecule has 0 bridgehead atoms. The predicted octanol–water partition coefficient (Wildman–Crippen LogP) is 4.41. The molecule has 2 aromatic heterocycles. The molecule has 1 aromatic carbocycles. The van der Waals surface area contributed by atoms with Crippen molar-refractivity contribution in [2.24, 2.45) is 5.92 Å². The maximum absolute atomic E-state index is 4.61. The third-order valence-corrected chi connectivity index (χ3v) is 5.43. The van der Waals surface area contributed by atoms with Crippen LogP contribution in [0.1, 0.15) is 18.4 Å². The Morgan fingerprint density at radius 1 is 1.00 bits per heavy atom. The number of fused-ring (bicyclic) bond motifs is 5. The molecule has 5 nitrogen and oxygen atoms in total. The Labute approximate surface area is 152 Å². The minimum absolute atomic E-state index is 0.0782. The van der Waals surface area contributed by atoms with Gasteiger partial charge in [-0.3, -0.25) is 4.90 Å². The number of nitrogens with zero attached hydrogens (tertiary/aromatic N) is 5. The number of allylic oxidation sites excluding steroid dienone is 1. The van der Waals surface area contributed by atoms with Gasteiger partial charge in [0.1, 0.15) is 24.0 Å². The van der Waals surface area contributed by atoms with Gasteiger partial charge in [-0.15, -0.1) is 6.58 Å². The van der Waals surface area contributed by atoms with Gasteiger partial charge < -0.3 is 4.90 Å². The minimum Gasteiger partial charge on any atom is -0.315 e. The summed E-state index contributed by atoms with van der Waals surface area (Å²) in [4.78, 5) is 18.1. The van der Waals surface area contributed by atoms with Crippen molar-refractivity contribution in [2.45, 2.75) is 19.0 Å². The number of para-hydroxylation sites is 1. The number of rotatable bonds is 2. The molecule has 0 amide bonds. The average molecular weight is 341 g/mol. The highest BCUT2D eigenvalue weighted by atomic mass is 15.5. The van der Waals surface area contributed by atoms with Gasteiger partial charge in [0.2, 0.25) is 0 Å². The number of hydrogen-bond acceptors (Lipinski definition) is 5. The number of pyridine rings is 1. The maximum Gasteiger partial charge on any atom is 0.163 e. The molecule has 26 heavy (non-hydrogen) atoms. The summed E-state index contributed by atoms with van der Waals surface area (Å²) < 4.78 is 0. The second-order valence-electron chi connectivity index (χ2n) is 6.75. The molecule has 0 spiro atoms. The molecule has 0 radical (unpaired) electrons. The van der Waals surface area contributed by atoms with Gasteiger partial charge in [-0.1, -0.05) is 37.3 Å². The molecule has 0 aliphatic carbocycles. The van der Waals surface area contributed by atoms with Gasteiger partial charge >= 0.3 is 0 Å². The third-order valence-electron chi connectivity index (χ3n) is 5.43. The number of benzene rings is 1. The molecule has 0 fully saturated rings. The fourth-order valence-electron chi connectivity index (χ4n) is 4.34. The largest absolute Gasteiger partial charge is 0.315 e. The van der Waals surface area contributed by atoms with Gasteiger partial charge in [0, 0.05) is 23.7 Å². The van der Waals surface area contributed by atoms with E-state index in [0.29, 0.717) is 5.92 Å². The number of aromatic nitrogens is 3. The standard InChI is InChI=1S/C21H19N5/c1-3-15-14(2)21-25(17-9-5-4-8-16(15)17)18-12-22-13-24-20(18)26(21)19-10-6-7-11-23-19/h3-15,21H,1H2,2H3. The highest BCUT2D eigenvalue weighted by molar-refractivity contribution is 5.86. The molecule has 2 aliphatic rings. The van der Waals surface area contributed by atoms with Gasteiger partial charge in [-0.25, -0.2) is 15.0 Å². The molecule has 128 valence electrons. The summed E-state index contributed by atoms with van der Waals surface area (Å²) in [5.41, 5.74) is 3.50. The second kappa shape index (κ2) is 5.66. The van der Waals surface area contributed by atoms with Gasteiger partial charge in [0.15, 0.2) is 5.82 Å². The van der Waals surface area contributed by atoms with Gasteiger partial charge in [-0.2, -0.15) is 0 Å².